The minimum atomic E-state index is -0.517. The molecule has 1 heterocycles. The second-order valence-electron chi connectivity index (χ2n) is 5.96. The lowest BCUT2D eigenvalue weighted by atomic mass is 9.98. The van der Waals surface area contributed by atoms with Crippen molar-refractivity contribution in [2.24, 2.45) is 5.92 Å². The first-order valence-corrected chi connectivity index (χ1v) is 7.09. The van der Waals surface area contributed by atoms with Crippen LogP contribution in [0.3, 0.4) is 0 Å². The van der Waals surface area contributed by atoms with Gasteiger partial charge in [-0.3, -0.25) is 4.79 Å². The zero-order valence-corrected chi connectivity index (χ0v) is 12.8. The molecule has 0 bridgehead atoms. The number of carbonyl (C=O) groups excluding carboxylic acids is 2. The Hall–Kier alpha value is -1.52. The number of rotatable bonds is 3. The molecule has 20 heavy (non-hydrogen) atoms. The van der Waals surface area contributed by atoms with E-state index in [0.29, 0.717) is 13.1 Å². The molecule has 0 aromatic rings. The maximum Gasteiger partial charge on any atom is 0.410 e. The fraction of sp³-hybridized carbons (Fsp3) is 0.733. The van der Waals surface area contributed by atoms with Crippen molar-refractivity contribution in [1.82, 2.24) is 4.90 Å². The zero-order valence-electron chi connectivity index (χ0n) is 12.8. The molecule has 0 saturated carbocycles. The van der Waals surface area contributed by atoms with Crippen molar-refractivity contribution in [3.63, 3.8) is 0 Å². The molecule has 0 aromatic heterocycles. The number of allylic oxidation sites excluding steroid dienone is 1. The minimum absolute atomic E-state index is 0.239. The number of piperidine rings is 1. The summed E-state index contributed by atoms with van der Waals surface area (Å²) in [5, 5.41) is 0. The summed E-state index contributed by atoms with van der Waals surface area (Å²) in [6, 6.07) is 0. The monoisotopic (exact) mass is 283 g/mol. The average Bonchev–Trinajstić information content (AvgIpc) is 2.37. The summed E-state index contributed by atoms with van der Waals surface area (Å²) in [4.78, 5) is 25.5. The molecule has 0 aromatic carbocycles. The number of carbonyl (C=O) groups is 2. The molecule has 1 aliphatic rings. The van der Waals surface area contributed by atoms with E-state index < -0.39 is 5.60 Å². The fourth-order valence-corrected chi connectivity index (χ4v) is 2.01. The second kappa shape index (κ2) is 7.31. The second-order valence-corrected chi connectivity index (χ2v) is 5.96. The van der Waals surface area contributed by atoms with E-state index in [1.807, 2.05) is 33.8 Å². The topological polar surface area (TPSA) is 55.8 Å². The summed E-state index contributed by atoms with van der Waals surface area (Å²) in [6.45, 7) is 8.67. The van der Waals surface area contributed by atoms with Gasteiger partial charge in [-0.05, 0) is 40.5 Å². The van der Waals surface area contributed by atoms with Crippen LogP contribution in [0, 0.1) is 5.92 Å². The van der Waals surface area contributed by atoms with E-state index in [9.17, 15) is 9.59 Å². The molecule has 0 aliphatic carbocycles. The first-order chi connectivity index (χ1) is 9.33. The predicted octanol–water partition coefficient (Wildman–Crippen LogP) is 2.75. The van der Waals surface area contributed by atoms with Crippen LogP contribution in [0.4, 0.5) is 4.79 Å². The van der Waals surface area contributed by atoms with Crippen molar-refractivity contribution < 1.29 is 19.1 Å². The Kier molecular flexibility index (Phi) is 6.05. The lowest BCUT2D eigenvalue weighted by Crippen LogP contribution is -2.45. The molecule has 1 unspecified atom stereocenters. The Labute approximate surface area is 120 Å². The highest BCUT2D eigenvalue weighted by Crippen LogP contribution is 2.20. The van der Waals surface area contributed by atoms with Crippen LogP contribution >= 0.6 is 0 Å². The molecular weight excluding hydrogens is 258 g/mol. The molecule has 114 valence electrons. The lowest BCUT2D eigenvalue weighted by Gasteiger charge is -2.33. The third kappa shape index (κ3) is 5.63. The molecule has 0 radical (unpaired) electrons. The van der Waals surface area contributed by atoms with Gasteiger partial charge in [0.15, 0.2) is 0 Å². The number of esters is 1. The van der Waals surface area contributed by atoms with E-state index in [0.717, 1.165) is 12.8 Å². The van der Waals surface area contributed by atoms with Gasteiger partial charge in [0.1, 0.15) is 12.2 Å². The maximum atomic E-state index is 12.0. The molecule has 5 nitrogen and oxygen atoms in total. The molecule has 0 spiro atoms. The summed E-state index contributed by atoms with van der Waals surface area (Å²) < 4.78 is 10.5. The van der Waals surface area contributed by atoms with Gasteiger partial charge in [-0.15, -0.1) is 0 Å². The van der Waals surface area contributed by atoms with Gasteiger partial charge < -0.3 is 14.4 Å². The average molecular weight is 283 g/mol. The highest BCUT2D eigenvalue weighted by molar-refractivity contribution is 5.75. The molecular formula is C15H25NO4. The minimum Gasteiger partial charge on any atom is -0.461 e. The molecule has 0 N–H and O–H groups in total. The normalized spacial score (nSPS) is 20.0. The van der Waals surface area contributed by atoms with Crippen LogP contribution in [0.5, 0.6) is 0 Å². The Morgan fingerprint density at radius 3 is 2.65 bits per heavy atom. The Balaban J connectivity index is 2.49. The smallest absolute Gasteiger partial charge is 0.410 e. The molecule has 1 aliphatic heterocycles. The van der Waals surface area contributed by atoms with Crippen molar-refractivity contribution in [1.29, 1.82) is 0 Å². The van der Waals surface area contributed by atoms with Crippen LogP contribution in [0.25, 0.3) is 0 Å². The summed E-state index contributed by atoms with van der Waals surface area (Å²) in [5.41, 5.74) is -0.517. The van der Waals surface area contributed by atoms with Gasteiger partial charge in [0, 0.05) is 13.1 Å². The molecule has 1 fully saturated rings. The van der Waals surface area contributed by atoms with E-state index in [-0.39, 0.29) is 24.6 Å². The van der Waals surface area contributed by atoms with Crippen LogP contribution in [0.15, 0.2) is 12.2 Å². The summed E-state index contributed by atoms with van der Waals surface area (Å²) in [6.07, 6.45) is 4.81. The quantitative estimate of drug-likeness (QED) is 0.590. The zero-order chi connectivity index (χ0) is 15.2. The molecule has 1 saturated heterocycles. The first kappa shape index (κ1) is 16.5. The number of nitrogens with zero attached hydrogens (tertiary/aromatic N) is 1. The number of likely N-dealkylation sites (tertiary alicyclic amines) is 1. The number of amides is 1. The SMILES string of the molecule is C/C=C/COC(=O)C1CCCN(C(=O)OC(C)(C)C)C1. The van der Waals surface area contributed by atoms with Crippen LogP contribution in [-0.4, -0.2) is 42.3 Å². The molecule has 1 rings (SSSR count). The largest absolute Gasteiger partial charge is 0.461 e. The van der Waals surface area contributed by atoms with Crippen molar-refractivity contribution >= 4 is 12.1 Å². The van der Waals surface area contributed by atoms with E-state index in [4.69, 9.17) is 9.47 Å². The fourth-order valence-electron chi connectivity index (χ4n) is 2.01. The van der Waals surface area contributed by atoms with Crippen LogP contribution in [0.1, 0.15) is 40.5 Å². The molecule has 1 atom stereocenters. The van der Waals surface area contributed by atoms with Crippen LogP contribution in [-0.2, 0) is 14.3 Å². The Bertz CT molecular complexity index is 371. The van der Waals surface area contributed by atoms with Gasteiger partial charge in [-0.25, -0.2) is 4.79 Å². The van der Waals surface area contributed by atoms with E-state index >= 15 is 0 Å². The number of hydrogen-bond acceptors (Lipinski definition) is 4. The van der Waals surface area contributed by atoms with Crippen molar-refractivity contribution in [2.75, 3.05) is 19.7 Å². The van der Waals surface area contributed by atoms with E-state index in [1.54, 1.807) is 11.0 Å². The maximum absolute atomic E-state index is 12.0. The van der Waals surface area contributed by atoms with Gasteiger partial charge in [0.05, 0.1) is 5.92 Å². The van der Waals surface area contributed by atoms with Gasteiger partial charge in [-0.1, -0.05) is 12.2 Å². The van der Waals surface area contributed by atoms with Crippen molar-refractivity contribution in [3.05, 3.63) is 12.2 Å². The lowest BCUT2D eigenvalue weighted by molar-refractivity contribution is -0.148. The van der Waals surface area contributed by atoms with Gasteiger partial charge in [0.25, 0.3) is 0 Å². The first-order valence-electron chi connectivity index (χ1n) is 7.09. The highest BCUT2D eigenvalue weighted by atomic mass is 16.6. The summed E-state index contributed by atoms with van der Waals surface area (Å²) in [7, 11) is 0. The van der Waals surface area contributed by atoms with Gasteiger partial charge >= 0.3 is 12.1 Å². The van der Waals surface area contributed by atoms with E-state index in [1.165, 1.54) is 0 Å². The summed E-state index contributed by atoms with van der Waals surface area (Å²) >= 11 is 0. The Morgan fingerprint density at radius 2 is 2.05 bits per heavy atom. The van der Waals surface area contributed by atoms with Gasteiger partial charge in [0.2, 0.25) is 0 Å². The van der Waals surface area contributed by atoms with Gasteiger partial charge in [-0.2, -0.15) is 0 Å². The Morgan fingerprint density at radius 1 is 1.35 bits per heavy atom. The van der Waals surface area contributed by atoms with Crippen LogP contribution in [0.2, 0.25) is 0 Å². The highest BCUT2D eigenvalue weighted by Gasteiger charge is 2.31. The molecule has 5 heteroatoms. The predicted molar refractivity (Wildman–Crippen MR) is 76.3 cm³/mol. The number of hydrogen-bond donors (Lipinski definition) is 0. The van der Waals surface area contributed by atoms with Crippen molar-refractivity contribution in [2.45, 2.75) is 46.1 Å². The van der Waals surface area contributed by atoms with E-state index in [2.05, 4.69) is 0 Å². The van der Waals surface area contributed by atoms with Crippen molar-refractivity contribution in [3.8, 4) is 0 Å². The van der Waals surface area contributed by atoms with Crippen LogP contribution < -0.4 is 0 Å². The third-order valence-corrected chi connectivity index (χ3v) is 2.96. The summed E-state index contributed by atoms with van der Waals surface area (Å²) in [5.74, 6) is -0.488. The standard InChI is InChI=1S/C15H25NO4/c1-5-6-10-19-13(17)12-8-7-9-16(11-12)14(18)20-15(2,3)4/h5-6,12H,7-11H2,1-4H3/b6-5+. The number of ether oxygens (including phenoxy) is 2. The molecule has 1 amide bonds. The third-order valence-electron chi connectivity index (χ3n) is 2.96.